The maximum Gasteiger partial charge on any atom is 0.115 e. The van der Waals surface area contributed by atoms with Crippen LogP contribution in [0.5, 0.6) is 0 Å². The number of aliphatic hydroxyl groups is 1. The highest BCUT2D eigenvalue weighted by Gasteiger charge is 2.15. The number of aryl methyl sites for hydroxylation is 1. The molecular formula is C11H9Br2NOS. The lowest BCUT2D eigenvalue weighted by Crippen LogP contribution is -1.98. The molecule has 84 valence electrons. The van der Waals surface area contributed by atoms with Crippen molar-refractivity contribution >= 4 is 43.2 Å². The molecule has 0 aromatic carbocycles. The summed E-state index contributed by atoms with van der Waals surface area (Å²) in [6, 6.07) is 3.86. The van der Waals surface area contributed by atoms with E-state index in [-0.39, 0.29) is 0 Å². The lowest BCUT2D eigenvalue weighted by atomic mass is 10.1. The van der Waals surface area contributed by atoms with Crippen molar-refractivity contribution in [1.82, 2.24) is 4.98 Å². The van der Waals surface area contributed by atoms with Gasteiger partial charge in [-0.3, -0.25) is 4.98 Å². The third-order valence-corrected chi connectivity index (χ3v) is 5.45. The number of halogens is 2. The van der Waals surface area contributed by atoms with E-state index < -0.39 is 6.10 Å². The average Bonchev–Trinajstić information content (AvgIpc) is 2.58. The Kier molecular flexibility index (Phi) is 3.79. The van der Waals surface area contributed by atoms with E-state index in [4.69, 9.17) is 0 Å². The lowest BCUT2D eigenvalue weighted by Gasteiger charge is -2.08. The summed E-state index contributed by atoms with van der Waals surface area (Å²) >= 11 is 8.34. The average molecular weight is 363 g/mol. The van der Waals surface area contributed by atoms with Crippen molar-refractivity contribution in [2.45, 2.75) is 13.0 Å². The minimum Gasteiger partial charge on any atom is -0.383 e. The van der Waals surface area contributed by atoms with Gasteiger partial charge in [-0.15, -0.1) is 11.3 Å². The highest BCUT2D eigenvalue weighted by atomic mass is 79.9. The summed E-state index contributed by atoms with van der Waals surface area (Å²) in [6.45, 7) is 1.96. The number of nitrogens with zero attached hydrogens (tertiary/aromatic N) is 1. The number of hydrogen-bond donors (Lipinski definition) is 1. The van der Waals surface area contributed by atoms with Crippen molar-refractivity contribution in [3.63, 3.8) is 0 Å². The Morgan fingerprint density at radius 3 is 2.62 bits per heavy atom. The number of thiophene rings is 1. The summed E-state index contributed by atoms with van der Waals surface area (Å²) in [4.78, 5) is 4.98. The molecule has 1 N–H and O–H groups in total. The molecule has 2 nitrogen and oxygen atoms in total. The normalized spacial score (nSPS) is 12.8. The Morgan fingerprint density at radius 1 is 1.31 bits per heavy atom. The third kappa shape index (κ3) is 2.53. The molecular weight excluding hydrogens is 354 g/mol. The lowest BCUT2D eigenvalue weighted by molar-refractivity contribution is 0.223. The molecule has 16 heavy (non-hydrogen) atoms. The first-order chi connectivity index (χ1) is 7.58. The highest BCUT2D eigenvalue weighted by Crippen LogP contribution is 2.37. The van der Waals surface area contributed by atoms with Crippen molar-refractivity contribution in [3.8, 4) is 0 Å². The molecule has 0 saturated carbocycles. The molecule has 1 unspecified atom stereocenters. The summed E-state index contributed by atoms with van der Waals surface area (Å²) in [5.74, 6) is 0. The summed E-state index contributed by atoms with van der Waals surface area (Å²) in [5, 5.41) is 10.2. The Labute approximate surface area is 115 Å². The SMILES string of the molecule is Cc1cncc(C(O)c2cc(Br)c(Br)s2)c1. The molecule has 0 amide bonds. The van der Waals surface area contributed by atoms with E-state index in [0.717, 1.165) is 24.3 Å². The predicted octanol–water partition coefficient (Wildman–Crippen LogP) is 4.06. The summed E-state index contributed by atoms with van der Waals surface area (Å²) in [5.41, 5.74) is 1.87. The molecule has 2 heterocycles. The Bertz CT molecular complexity index is 493. The molecule has 2 aromatic rings. The Morgan fingerprint density at radius 2 is 2.06 bits per heavy atom. The fourth-order valence-electron chi connectivity index (χ4n) is 1.39. The van der Waals surface area contributed by atoms with Crippen LogP contribution in [-0.2, 0) is 0 Å². The van der Waals surface area contributed by atoms with Gasteiger partial charge in [0, 0.05) is 27.3 Å². The first kappa shape index (κ1) is 12.2. The van der Waals surface area contributed by atoms with Crippen LogP contribution in [0.4, 0.5) is 0 Å². The van der Waals surface area contributed by atoms with E-state index in [1.54, 1.807) is 12.4 Å². The largest absolute Gasteiger partial charge is 0.383 e. The topological polar surface area (TPSA) is 33.1 Å². The number of hydrogen-bond acceptors (Lipinski definition) is 3. The minimum absolute atomic E-state index is 0.611. The number of aliphatic hydroxyl groups excluding tert-OH is 1. The number of rotatable bonds is 2. The van der Waals surface area contributed by atoms with Crippen LogP contribution in [0.25, 0.3) is 0 Å². The third-order valence-electron chi connectivity index (χ3n) is 2.15. The standard InChI is InChI=1S/C11H9Br2NOS/c1-6-2-7(5-14-4-6)10(15)9-3-8(12)11(13)16-9/h2-5,10,15H,1H3. The number of pyridine rings is 1. The zero-order chi connectivity index (χ0) is 11.7. The minimum atomic E-state index is -0.611. The van der Waals surface area contributed by atoms with Crippen LogP contribution in [0.2, 0.25) is 0 Å². The second-order valence-electron chi connectivity index (χ2n) is 3.47. The molecule has 0 bridgehead atoms. The molecule has 0 radical (unpaired) electrons. The maximum absolute atomic E-state index is 10.2. The van der Waals surface area contributed by atoms with Crippen molar-refractivity contribution in [2.24, 2.45) is 0 Å². The first-order valence-electron chi connectivity index (χ1n) is 4.62. The maximum atomic E-state index is 10.2. The van der Waals surface area contributed by atoms with Gasteiger partial charge in [-0.25, -0.2) is 0 Å². The Hall–Kier alpha value is -0.230. The van der Waals surface area contributed by atoms with E-state index in [1.807, 2.05) is 19.1 Å². The molecule has 2 rings (SSSR count). The molecule has 5 heteroatoms. The van der Waals surface area contributed by atoms with Gasteiger partial charge in [-0.1, -0.05) is 6.07 Å². The van der Waals surface area contributed by atoms with Crippen LogP contribution in [0.15, 0.2) is 32.8 Å². The van der Waals surface area contributed by atoms with Gasteiger partial charge in [0.05, 0.1) is 3.79 Å². The molecule has 0 aliphatic carbocycles. The molecule has 0 aliphatic rings. The zero-order valence-corrected chi connectivity index (χ0v) is 12.4. The molecule has 2 aromatic heterocycles. The molecule has 1 atom stereocenters. The van der Waals surface area contributed by atoms with Crippen molar-refractivity contribution < 1.29 is 5.11 Å². The Balaban J connectivity index is 2.35. The van der Waals surface area contributed by atoms with Gasteiger partial charge >= 0.3 is 0 Å². The van der Waals surface area contributed by atoms with Gasteiger partial charge in [-0.05, 0) is 50.4 Å². The van der Waals surface area contributed by atoms with Crippen LogP contribution in [0.1, 0.15) is 22.1 Å². The van der Waals surface area contributed by atoms with Crippen LogP contribution in [-0.4, -0.2) is 10.1 Å². The van der Waals surface area contributed by atoms with Crippen LogP contribution in [0.3, 0.4) is 0 Å². The molecule has 0 spiro atoms. The zero-order valence-electron chi connectivity index (χ0n) is 8.45. The van der Waals surface area contributed by atoms with Crippen LogP contribution in [0, 0.1) is 6.92 Å². The van der Waals surface area contributed by atoms with Crippen molar-refractivity contribution in [1.29, 1.82) is 0 Å². The van der Waals surface area contributed by atoms with Crippen LogP contribution >= 0.6 is 43.2 Å². The first-order valence-corrected chi connectivity index (χ1v) is 7.02. The quantitative estimate of drug-likeness (QED) is 0.873. The molecule has 0 saturated heterocycles. The van der Waals surface area contributed by atoms with Crippen molar-refractivity contribution in [3.05, 3.63) is 48.8 Å². The van der Waals surface area contributed by atoms with E-state index in [9.17, 15) is 5.11 Å². The predicted molar refractivity (Wildman–Crippen MR) is 72.8 cm³/mol. The summed E-state index contributed by atoms with van der Waals surface area (Å²) in [6.07, 6.45) is 2.86. The van der Waals surface area contributed by atoms with E-state index >= 15 is 0 Å². The van der Waals surface area contributed by atoms with Gasteiger partial charge in [0.25, 0.3) is 0 Å². The van der Waals surface area contributed by atoms with Gasteiger partial charge in [0.15, 0.2) is 0 Å². The van der Waals surface area contributed by atoms with Gasteiger partial charge in [0.1, 0.15) is 6.10 Å². The van der Waals surface area contributed by atoms with Crippen molar-refractivity contribution in [2.75, 3.05) is 0 Å². The summed E-state index contributed by atoms with van der Waals surface area (Å²) in [7, 11) is 0. The van der Waals surface area contributed by atoms with E-state index in [1.165, 1.54) is 11.3 Å². The second kappa shape index (κ2) is 4.96. The molecule has 0 aliphatic heterocycles. The van der Waals surface area contributed by atoms with E-state index in [2.05, 4.69) is 36.8 Å². The molecule has 0 fully saturated rings. The highest BCUT2D eigenvalue weighted by molar-refractivity contribution is 9.13. The summed E-state index contributed by atoms with van der Waals surface area (Å²) < 4.78 is 1.95. The smallest absolute Gasteiger partial charge is 0.115 e. The van der Waals surface area contributed by atoms with Crippen LogP contribution < -0.4 is 0 Å². The fraction of sp³-hybridized carbons (Fsp3) is 0.182. The van der Waals surface area contributed by atoms with Gasteiger partial charge < -0.3 is 5.11 Å². The fourth-order valence-corrected chi connectivity index (χ4v) is 3.49. The van der Waals surface area contributed by atoms with Gasteiger partial charge in [0.2, 0.25) is 0 Å². The van der Waals surface area contributed by atoms with E-state index in [0.29, 0.717) is 0 Å². The number of aromatic nitrogens is 1. The second-order valence-corrected chi connectivity index (χ2v) is 6.72. The monoisotopic (exact) mass is 361 g/mol. The van der Waals surface area contributed by atoms with Gasteiger partial charge in [-0.2, -0.15) is 0 Å².